The SMILES string of the molecule is O=C(O)N1CCNC(c2ccccc2)C1(NS(=O)(=O)c1ccc2c(c1)C=CC2)C(=O)C1CCCCC1. The van der Waals surface area contributed by atoms with Gasteiger partial charge in [-0.15, -0.1) is 0 Å². The second-order valence-electron chi connectivity index (χ2n) is 9.77. The number of carbonyl (C=O) groups is 2. The van der Waals surface area contributed by atoms with E-state index in [9.17, 15) is 23.1 Å². The minimum atomic E-state index is -4.28. The first-order valence-corrected chi connectivity index (χ1v) is 14.0. The highest BCUT2D eigenvalue weighted by atomic mass is 32.2. The van der Waals surface area contributed by atoms with E-state index in [1.807, 2.05) is 18.2 Å². The molecule has 2 aromatic carbocycles. The first-order chi connectivity index (χ1) is 17.3. The van der Waals surface area contributed by atoms with Crippen molar-refractivity contribution in [2.45, 2.75) is 55.1 Å². The number of fused-ring (bicyclic) bond motifs is 1. The zero-order valence-corrected chi connectivity index (χ0v) is 20.8. The lowest BCUT2D eigenvalue weighted by molar-refractivity contribution is -0.141. The summed E-state index contributed by atoms with van der Waals surface area (Å²) in [7, 11) is -4.28. The van der Waals surface area contributed by atoms with Crippen LogP contribution in [0, 0.1) is 5.92 Å². The summed E-state index contributed by atoms with van der Waals surface area (Å²) >= 11 is 0. The first-order valence-electron chi connectivity index (χ1n) is 12.5. The van der Waals surface area contributed by atoms with Gasteiger partial charge in [0.15, 0.2) is 11.4 Å². The molecular weight excluding hydrogens is 478 g/mol. The van der Waals surface area contributed by atoms with Crippen LogP contribution in [0.15, 0.2) is 59.5 Å². The van der Waals surface area contributed by atoms with E-state index < -0.39 is 39.5 Å². The number of allylic oxidation sites excluding steroid dienone is 1. The molecule has 3 N–H and O–H groups in total. The van der Waals surface area contributed by atoms with Gasteiger partial charge in [0.1, 0.15) is 0 Å². The number of sulfonamides is 1. The molecule has 1 heterocycles. The molecule has 2 aliphatic carbocycles. The zero-order chi connectivity index (χ0) is 25.3. The van der Waals surface area contributed by atoms with E-state index in [0.717, 1.165) is 41.7 Å². The smallest absolute Gasteiger partial charge is 0.409 e. The number of ketones is 1. The number of hydrogen-bond donors (Lipinski definition) is 3. The number of nitrogens with zero attached hydrogens (tertiary/aromatic N) is 1. The monoisotopic (exact) mass is 509 g/mol. The zero-order valence-electron chi connectivity index (χ0n) is 20.0. The summed E-state index contributed by atoms with van der Waals surface area (Å²) in [6.07, 6.45) is 7.18. The third-order valence-corrected chi connectivity index (χ3v) is 9.05. The Kier molecular flexibility index (Phi) is 6.72. The normalized spacial score (nSPS) is 24.4. The van der Waals surface area contributed by atoms with E-state index in [1.54, 1.807) is 36.4 Å². The minimum absolute atomic E-state index is 0.00587. The Labute approximate surface area is 211 Å². The van der Waals surface area contributed by atoms with Crippen LogP contribution in [0.4, 0.5) is 4.79 Å². The Morgan fingerprint density at radius 2 is 1.81 bits per heavy atom. The predicted octanol–water partition coefficient (Wildman–Crippen LogP) is 3.70. The molecule has 2 unspecified atom stereocenters. The number of nitrogens with one attached hydrogen (secondary N) is 2. The fourth-order valence-corrected chi connectivity index (χ4v) is 7.21. The van der Waals surface area contributed by atoms with Crippen molar-refractivity contribution in [3.63, 3.8) is 0 Å². The molecule has 0 radical (unpaired) electrons. The van der Waals surface area contributed by atoms with E-state index in [1.165, 1.54) is 6.07 Å². The maximum absolute atomic E-state index is 14.4. The molecule has 2 atom stereocenters. The molecule has 1 saturated heterocycles. The van der Waals surface area contributed by atoms with Gasteiger partial charge >= 0.3 is 6.09 Å². The summed E-state index contributed by atoms with van der Waals surface area (Å²) in [5.41, 5.74) is 0.450. The Hall–Kier alpha value is -3.01. The van der Waals surface area contributed by atoms with Crippen LogP contribution < -0.4 is 10.0 Å². The van der Waals surface area contributed by atoms with Crippen molar-refractivity contribution >= 4 is 28.0 Å². The molecular formula is C27H31N3O5S. The van der Waals surface area contributed by atoms with Crippen LogP contribution in [0.2, 0.25) is 0 Å². The summed E-state index contributed by atoms with van der Waals surface area (Å²) in [6.45, 7) is 0.267. The predicted molar refractivity (Wildman–Crippen MR) is 136 cm³/mol. The van der Waals surface area contributed by atoms with Crippen LogP contribution in [-0.2, 0) is 21.2 Å². The van der Waals surface area contributed by atoms with Crippen molar-refractivity contribution in [1.29, 1.82) is 0 Å². The lowest BCUT2D eigenvalue weighted by atomic mass is 9.76. The molecule has 0 aromatic heterocycles. The highest BCUT2D eigenvalue weighted by Crippen LogP contribution is 2.40. The summed E-state index contributed by atoms with van der Waals surface area (Å²) in [4.78, 5) is 28.0. The van der Waals surface area contributed by atoms with E-state index in [0.29, 0.717) is 18.4 Å². The molecule has 36 heavy (non-hydrogen) atoms. The van der Waals surface area contributed by atoms with Crippen LogP contribution in [-0.4, -0.2) is 49.1 Å². The topological polar surface area (TPSA) is 116 Å². The molecule has 190 valence electrons. The van der Waals surface area contributed by atoms with Gasteiger partial charge in [-0.05, 0) is 48.1 Å². The molecule has 0 spiro atoms. The summed E-state index contributed by atoms with van der Waals surface area (Å²) in [6, 6.07) is 13.0. The van der Waals surface area contributed by atoms with Crippen molar-refractivity contribution in [1.82, 2.24) is 14.9 Å². The van der Waals surface area contributed by atoms with E-state index in [2.05, 4.69) is 10.0 Å². The molecule has 1 amide bonds. The number of benzene rings is 2. The lowest BCUT2D eigenvalue weighted by Gasteiger charge is -2.51. The number of carboxylic acid groups (broad SMARTS) is 1. The number of hydrogen-bond acceptors (Lipinski definition) is 5. The summed E-state index contributed by atoms with van der Waals surface area (Å²) in [5.74, 6) is -0.826. The van der Waals surface area contributed by atoms with Gasteiger partial charge in [0.05, 0.1) is 10.9 Å². The van der Waals surface area contributed by atoms with Gasteiger partial charge in [-0.2, -0.15) is 4.72 Å². The van der Waals surface area contributed by atoms with Crippen LogP contribution in [0.5, 0.6) is 0 Å². The number of carbonyl (C=O) groups excluding carboxylic acids is 1. The van der Waals surface area contributed by atoms with Crippen molar-refractivity contribution in [2.75, 3.05) is 13.1 Å². The van der Waals surface area contributed by atoms with Crippen molar-refractivity contribution in [3.05, 3.63) is 71.3 Å². The standard InChI is InChI=1S/C27H31N3O5S/c31-25(21-10-5-2-6-11-21)27(29-36(34,35)23-15-14-19-12-7-13-22(19)18-23)24(20-8-3-1-4-9-20)28-16-17-30(27)26(32)33/h1,3-4,7-9,13-15,18,21,24,28-29H,2,5-6,10-12,16-17H2,(H,32,33). The van der Waals surface area contributed by atoms with E-state index >= 15 is 0 Å². The molecule has 8 nitrogen and oxygen atoms in total. The molecule has 3 aliphatic rings. The van der Waals surface area contributed by atoms with Gasteiger partial charge in [-0.1, -0.05) is 67.8 Å². The van der Waals surface area contributed by atoms with Crippen LogP contribution >= 0.6 is 0 Å². The third kappa shape index (κ3) is 4.36. The first kappa shape index (κ1) is 24.7. The van der Waals surface area contributed by atoms with Gasteiger partial charge in [-0.25, -0.2) is 13.2 Å². The third-order valence-electron chi connectivity index (χ3n) is 7.60. The lowest BCUT2D eigenvalue weighted by Crippen LogP contribution is -2.76. The quantitative estimate of drug-likeness (QED) is 0.547. The van der Waals surface area contributed by atoms with E-state index in [-0.39, 0.29) is 18.0 Å². The maximum atomic E-state index is 14.4. The highest BCUT2D eigenvalue weighted by Gasteiger charge is 2.58. The van der Waals surface area contributed by atoms with Gasteiger partial charge in [-0.3, -0.25) is 9.69 Å². The van der Waals surface area contributed by atoms with E-state index in [4.69, 9.17) is 0 Å². The molecule has 0 bridgehead atoms. The Balaban J connectivity index is 1.66. The average Bonchev–Trinajstić information content (AvgIpc) is 3.37. The Morgan fingerprint density at radius 3 is 2.53 bits per heavy atom. The fraction of sp³-hybridized carbons (Fsp3) is 0.407. The molecule has 1 saturated carbocycles. The number of piperazine rings is 1. The molecule has 2 aromatic rings. The fourth-order valence-electron chi connectivity index (χ4n) is 5.83. The number of amides is 1. The molecule has 5 rings (SSSR count). The van der Waals surface area contributed by atoms with Gasteiger partial charge in [0, 0.05) is 19.0 Å². The van der Waals surface area contributed by atoms with Crippen LogP contribution in [0.1, 0.15) is 54.8 Å². The van der Waals surface area contributed by atoms with Gasteiger partial charge in [0.25, 0.3) is 0 Å². The Bertz CT molecular complexity index is 1290. The van der Waals surface area contributed by atoms with Crippen molar-refractivity contribution < 1.29 is 23.1 Å². The van der Waals surface area contributed by atoms with Crippen molar-refractivity contribution in [2.24, 2.45) is 5.92 Å². The summed E-state index contributed by atoms with van der Waals surface area (Å²) in [5, 5.41) is 13.6. The number of rotatable bonds is 6. The second-order valence-corrected chi connectivity index (χ2v) is 11.5. The van der Waals surface area contributed by atoms with Crippen LogP contribution in [0.3, 0.4) is 0 Å². The summed E-state index contributed by atoms with van der Waals surface area (Å²) < 4.78 is 30.5. The van der Waals surface area contributed by atoms with Crippen LogP contribution in [0.25, 0.3) is 6.08 Å². The minimum Gasteiger partial charge on any atom is -0.465 e. The molecule has 1 aliphatic heterocycles. The maximum Gasteiger partial charge on any atom is 0.409 e. The number of Topliss-reactive ketones (excluding diaryl/α,β-unsaturated/α-hetero) is 1. The highest BCUT2D eigenvalue weighted by molar-refractivity contribution is 7.89. The molecule has 9 heteroatoms. The largest absolute Gasteiger partial charge is 0.465 e. The second kappa shape index (κ2) is 9.80. The Morgan fingerprint density at radius 1 is 1.06 bits per heavy atom. The van der Waals surface area contributed by atoms with Gasteiger partial charge in [0.2, 0.25) is 10.0 Å². The van der Waals surface area contributed by atoms with Gasteiger partial charge < -0.3 is 10.4 Å². The average molecular weight is 510 g/mol. The molecule has 2 fully saturated rings. The van der Waals surface area contributed by atoms with Crippen molar-refractivity contribution in [3.8, 4) is 0 Å².